The first-order valence-electron chi connectivity index (χ1n) is 4.59. The lowest BCUT2D eigenvalue weighted by Gasteiger charge is -2.25. The minimum atomic E-state index is -0.230. The zero-order valence-electron chi connectivity index (χ0n) is 8.59. The van der Waals surface area contributed by atoms with Crippen LogP contribution < -0.4 is 4.74 Å². The van der Waals surface area contributed by atoms with Crippen LogP contribution in [-0.2, 0) is 0 Å². The van der Waals surface area contributed by atoms with E-state index in [1.165, 1.54) is 0 Å². The number of benzene rings is 1. The van der Waals surface area contributed by atoms with Gasteiger partial charge in [0.25, 0.3) is 0 Å². The first-order chi connectivity index (χ1) is 6.53. The van der Waals surface area contributed by atoms with E-state index in [0.717, 1.165) is 12.2 Å². The third kappa shape index (κ3) is 3.43. The molecule has 0 saturated carbocycles. The van der Waals surface area contributed by atoms with E-state index in [1.54, 1.807) is 0 Å². The molecule has 0 atom stereocenters. The Bertz CT molecular complexity index is 318. The third-order valence-electron chi connectivity index (χ3n) is 1.83. The molecule has 0 fully saturated rings. The molecule has 1 aromatic rings. The second kappa shape index (κ2) is 4.52. The molecule has 0 saturated heterocycles. The van der Waals surface area contributed by atoms with Crippen LogP contribution in [0.5, 0.6) is 5.75 Å². The molecule has 0 bridgehead atoms. The van der Waals surface area contributed by atoms with Crippen molar-refractivity contribution in [1.29, 1.82) is 0 Å². The Morgan fingerprint density at radius 2 is 2.21 bits per heavy atom. The average molecular weight is 211 g/mol. The normalized spacial score (nSPS) is 11.1. The lowest BCUT2D eigenvalue weighted by molar-refractivity contribution is 0.113. The average Bonchev–Trinajstić information content (AvgIpc) is 2.02. The monoisotopic (exact) mass is 210 g/mol. The highest BCUT2D eigenvalue weighted by atomic mass is 35.5. The van der Waals surface area contributed by atoms with Gasteiger partial charge in [0.1, 0.15) is 11.4 Å². The molecule has 0 radical (unpaired) electrons. The minimum Gasteiger partial charge on any atom is -0.487 e. The van der Waals surface area contributed by atoms with E-state index < -0.39 is 0 Å². The molecule has 76 valence electrons. The third-order valence-corrected chi connectivity index (χ3v) is 2.06. The van der Waals surface area contributed by atoms with E-state index in [2.05, 4.69) is 6.58 Å². The Hall–Kier alpha value is -0.950. The summed E-state index contributed by atoms with van der Waals surface area (Å²) in [5.74, 6) is 0.796. The van der Waals surface area contributed by atoms with Gasteiger partial charge in [0.05, 0.1) is 0 Å². The maximum absolute atomic E-state index is 5.85. The van der Waals surface area contributed by atoms with Crippen LogP contribution in [0.25, 0.3) is 0 Å². The summed E-state index contributed by atoms with van der Waals surface area (Å²) in [6.07, 6.45) is 2.66. The number of halogens is 1. The highest BCUT2D eigenvalue weighted by molar-refractivity contribution is 6.30. The second-order valence-electron chi connectivity index (χ2n) is 3.81. The summed E-state index contributed by atoms with van der Waals surface area (Å²) >= 11 is 5.85. The Balaban J connectivity index is 2.72. The molecule has 0 aliphatic carbocycles. The van der Waals surface area contributed by atoms with Gasteiger partial charge in [-0.2, -0.15) is 0 Å². The van der Waals surface area contributed by atoms with Crippen molar-refractivity contribution in [3.05, 3.63) is 41.9 Å². The van der Waals surface area contributed by atoms with Gasteiger partial charge in [0.2, 0.25) is 0 Å². The standard InChI is InChI=1S/C12H15ClO/c1-4-8-12(2,3)14-11-7-5-6-10(13)9-11/h4-7,9H,1,8H2,2-3H3. The number of hydrogen-bond donors (Lipinski definition) is 0. The molecule has 0 amide bonds. The molecular weight excluding hydrogens is 196 g/mol. The predicted molar refractivity (Wildman–Crippen MR) is 61.0 cm³/mol. The molecule has 0 aliphatic heterocycles. The van der Waals surface area contributed by atoms with Crippen molar-refractivity contribution in [1.82, 2.24) is 0 Å². The zero-order chi connectivity index (χ0) is 10.6. The number of hydrogen-bond acceptors (Lipinski definition) is 1. The first-order valence-corrected chi connectivity index (χ1v) is 4.97. The van der Waals surface area contributed by atoms with Crippen molar-refractivity contribution in [2.75, 3.05) is 0 Å². The summed E-state index contributed by atoms with van der Waals surface area (Å²) in [6.45, 7) is 7.75. The number of rotatable bonds is 4. The van der Waals surface area contributed by atoms with Gasteiger partial charge in [-0.05, 0) is 32.0 Å². The maximum Gasteiger partial charge on any atom is 0.121 e. The van der Waals surface area contributed by atoms with Crippen LogP contribution in [0, 0.1) is 0 Å². The quantitative estimate of drug-likeness (QED) is 0.681. The van der Waals surface area contributed by atoms with E-state index >= 15 is 0 Å². The Kier molecular flexibility index (Phi) is 3.59. The summed E-state index contributed by atoms with van der Waals surface area (Å²) in [7, 11) is 0. The van der Waals surface area contributed by atoms with Gasteiger partial charge in [-0.3, -0.25) is 0 Å². The van der Waals surface area contributed by atoms with E-state index in [-0.39, 0.29) is 5.60 Å². The Labute approximate surface area is 90.3 Å². The van der Waals surface area contributed by atoms with Crippen molar-refractivity contribution in [2.24, 2.45) is 0 Å². The van der Waals surface area contributed by atoms with Crippen molar-refractivity contribution in [3.8, 4) is 5.75 Å². The lowest BCUT2D eigenvalue weighted by atomic mass is 10.1. The van der Waals surface area contributed by atoms with Gasteiger partial charge in [0.15, 0.2) is 0 Å². The summed E-state index contributed by atoms with van der Waals surface area (Å²) in [4.78, 5) is 0. The first kappa shape index (κ1) is 11.1. The molecule has 0 heterocycles. The van der Waals surface area contributed by atoms with Crippen molar-refractivity contribution >= 4 is 11.6 Å². The fourth-order valence-corrected chi connectivity index (χ4v) is 1.42. The van der Waals surface area contributed by atoms with Gasteiger partial charge in [-0.25, -0.2) is 0 Å². The molecular formula is C12H15ClO. The van der Waals surface area contributed by atoms with E-state index in [9.17, 15) is 0 Å². The largest absolute Gasteiger partial charge is 0.487 e. The smallest absolute Gasteiger partial charge is 0.121 e. The molecule has 1 aromatic carbocycles. The molecule has 1 nitrogen and oxygen atoms in total. The van der Waals surface area contributed by atoms with E-state index in [0.29, 0.717) is 5.02 Å². The van der Waals surface area contributed by atoms with Crippen LogP contribution in [0.15, 0.2) is 36.9 Å². The minimum absolute atomic E-state index is 0.230. The lowest BCUT2D eigenvalue weighted by Crippen LogP contribution is -2.27. The van der Waals surface area contributed by atoms with Crippen molar-refractivity contribution in [3.63, 3.8) is 0 Å². The van der Waals surface area contributed by atoms with Gasteiger partial charge in [-0.15, -0.1) is 6.58 Å². The van der Waals surface area contributed by atoms with Crippen molar-refractivity contribution < 1.29 is 4.74 Å². The summed E-state index contributed by atoms with van der Waals surface area (Å²) in [5.41, 5.74) is -0.230. The van der Waals surface area contributed by atoms with Crippen LogP contribution in [0.4, 0.5) is 0 Å². The van der Waals surface area contributed by atoms with E-state index in [1.807, 2.05) is 44.2 Å². The van der Waals surface area contributed by atoms with Crippen LogP contribution in [0.3, 0.4) is 0 Å². The summed E-state index contributed by atoms with van der Waals surface area (Å²) in [5, 5.41) is 0.692. The van der Waals surface area contributed by atoms with Gasteiger partial charge in [-0.1, -0.05) is 23.7 Å². The van der Waals surface area contributed by atoms with Gasteiger partial charge in [0, 0.05) is 11.4 Å². The maximum atomic E-state index is 5.85. The fraction of sp³-hybridized carbons (Fsp3) is 0.333. The predicted octanol–water partition coefficient (Wildman–Crippen LogP) is 4.07. The van der Waals surface area contributed by atoms with Crippen LogP contribution >= 0.6 is 11.6 Å². The zero-order valence-corrected chi connectivity index (χ0v) is 9.34. The summed E-state index contributed by atoms with van der Waals surface area (Å²) < 4.78 is 5.77. The van der Waals surface area contributed by atoms with Crippen LogP contribution in [0.1, 0.15) is 20.3 Å². The second-order valence-corrected chi connectivity index (χ2v) is 4.25. The van der Waals surface area contributed by atoms with Crippen molar-refractivity contribution in [2.45, 2.75) is 25.9 Å². The molecule has 0 unspecified atom stereocenters. The molecule has 0 N–H and O–H groups in total. The topological polar surface area (TPSA) is 9.23 Å². The molecule has 0 aliphatic rings. The van der Waals surface area contributed by atoms with Gasteiger partial charge < -0.3 is 4.74 Å². The molecule has 14 heavy (non-hydrogen) atoms. The molecule has 0 aromatic heterocycles. The van der Waals surface area contributed by atoms with Crippen LogP contribution in [0.2, 0.25) is 5.02 Å². The molecule has 0 spiro atoms. The summed E-state index contributed by atoms with van der Waals surface area (Å²) in [6, 6.07) is 7.42. The Morgan fingerprint density at radius 3 is 2.79 bits per heavy atom. The Morgan fingerprint density at radius 1 is 1.50 bits per heavy atom. The fourth-order valence-electron chi connectivity index (χ4n) is 1.24. The highest BCUT2D eigenvalue weighted by Crippen LogP contribution is 2.23. The van der Waals surface area contributed by atoms with Gasteiger partial charge >= 0.3 is 0 Å². The number of ether oxygens (including phenoxy) is 1. The molecule has 2 heteroatoms. The highest BCUT2D eigenvalue weighted by Gasteiger charge is 2.17. The van der Waals surface area contributed by atoms with E-state index in [4.69, 9.17) is 16.3 Å². The van der Waals surface area contributed by atoms with Crippen LogP contribution in [-0.4, -0.2) is 5.60 Å². The molecule has 1 rings (SSSR count). The SMILES string of the molecule is C=CCC(C)(C)Oc1cccc(Cl)c1.